The zero-order chi connectivity index (χ0) is 18.4. The molecule has 1 aliphatic rings. The second-order valence-electron chi connectivity index (χ2n) is 6.48. The van der Waals surface area contributed by atoms with Gasteiger partial charge < -0.3 is 14.1 Å². The quantitative estimate of drug-likeness (QED) is 0.503. The molecule has 1 aliphatic heterocycles. The lowest BCUT2D eigenvalue weighted by Gasteiger charge is -2.33. The van der Waals surface area contributed by atoms with Crippen molar-refractivity contribution < 1.29 is 9.15 Å². The smallest absolute Gasteiger partial charge is 0.214 e. The summed E-state index contributed by atoms with van der Waals surface area (Å²) in [5.74, 6) is 1.80. The van der Waals surface area contributed by atoms with Gasteiger partial charge in [-0.15, -0.1) is 5.10 Å². The monoisotopic (exact) mass is 400 g/mol. The predicted octanol–water partition coefficient (Wildman–Crippen LogP) is 4.59. The van der Waals surface area contributed by atoms with Crippen LogP contribution < -0.4 is 4.90 Å². The number of hydrogen-bond acceptors (Lipinski definition) is 6. The molecule has 27 heavy (non-hydrogen) atoms. The average Bonchev–Trinajstić information content (AvgIpc) is 3.37. The van der Waals surface area contributed by atoms with Crippen molar-refractivity contribution in [3.8, 4) is 11.3 Å². The van der Waals surface area contributed by atoms with Gasteiger partial charge >= 0.3 is 0 Å². The van der Waals surface area contributed by atoms with Crippen molar-refractivity contribution in [3.63, 3.8) is 0 Å². The minimum atomic E-state index is 0.0269. The van der Waals surface area contributed by atoms with Crippen LogP contribution in [0.15, 0.2) is 47.0 Å². The van der Waals surface area contributed by atoms with Crippen LogP contribution in [0.3, 0.4) is 0 Å². The highest BCUT2D eigenvalue weighted by atomic mass is 35.5. The molecule has 3 aromatic heterocycles. The van der Waals surface area contributed by atoms with E-state index in [0.717, 1.165) is 39.4 Å². The molecule has 4 heterocycles. The van der Waals surface area contributed by atoms with Crippen LogP contribution >= 0.6 is 22.9 Å². The van der Waals surface area contributed by atoms with E-state index < -0.39 is 0 Å². The van der Waals surface area contributed by atoms with Gasteiger partial charge in [0.25, 0.3) is 0 Å². The first-order chi connectivity index (χ1) is 13.2. The Hall–Kier alpha value is -2.35. The maximum Gasteiger partial charge on any atom is 0.214 e. The molecule has 0 bridgehead atoms. The number of fused-ring (bicyclic) bond motifs is 1. The fourth-order valence-corrected chi connectivity index (χ4v) is 4.35. The Bertz CT molecular complexity index is 1050. The standard InChI is InChI=1S/C19H17ClN4O2S/c1-12-2-7-17(26-12)16-11-25-9-8-23(16)19-22-24-10-15(21-18(24)27-19)13-3-5-14(20)6-4-13/h2-7,10,16H,8-9,11H2,1H3. The third kappa shape index (κ3) is 3.12. The third-order valence-electron chi connectivity index (χ3n) is 4.64. The predicted molar refractivity (Wildman–Crippen MR) is 106 cm³/mol. The average molecular weight is 401 g/mol. The first-order valence-electron chi connectivity index (χ1n) is 8.70. The molecule has 1 unspecified atom stereocenters. The Morgan fingerprint density at radius 3 is 2.78 bits per heavy atom. The highest BCUT2D eigenvalue weighted by Gasteiger charge is 2.30. The minimum absolute atomic E-state index is 0.0269. The summed E-state index contributed by atoms with van der Waals surface area (Å²) in [6.45, 7) is 3.98. The number of furan rings is 1. The van der Waals surface area contributed by atoms with Gasteiger partial charge in [-0.1, -0.05) is 35.1 Å². The van der Waals surface area contributed by atoms with Crippen LogP contribution in [0.4, 0.5) is 5.13 Å². The molecule has 4 aromatic rings. The van der Waals surface area contributed by atoms with Crippen molar-refractivity contribution in [1.82, 2.24) is 14.6 Å². The Kier molecular flexibility index (Phi) is 4.15. The Balaban J connectivity index is 1.47. The van der Waals surface area contributed by atoms with Gasteiger partial charge in [-0.25, -0.2) is 9.50 Å². The first kappa shape index (κ1) is 16.8. The lowest BCUT2D eigenvalue weighted by molar-refractivity contribution is 0.0873. The first-order valence-corrected chi connectivity index (χ1v) is 9.90. The molecule has 138 valence electrons. The van der Waals surface area contributed by atoms with E-state index in [4.69, 9.17) is 30.8 Å². The van der Waals surface area contributed by atoms with Crippen LogP contribution in [-0.2, 0) is 4.74 Å². The van der Waals surface area contributed by atoms with Crippen LogP contribution in [-0.4, -0.2) is 34.4 Å². The SMILES string of the molecule is Cc1ccc(C2COCCN2c2nn3cc(-c4ccc(Cl)cc4)nc3s2)o1. The molecule has 1 saturated heterocycles. The number of benzene rings is 1. The third-order valence-corrected chi connectivity index (χ3v) is 5.85. The van der Waals surface area contributed by atoms with Gasteiger partial charge in [-0.2, -0.15) is 0 Å². The van der Waals surface area contributed by atoms with Crippen molar-refractivity contribution in [2.45, 2.75) is 13.0 Å². The molecule has 1 fully saturated rings. The van der Waals surface area contributed by atoms with E-state index in [2.05, 4.69) is 4.90 Å². The van der Waals surface area contributed by atoms with Gasteiger partial charge in [-0.05, 0) is 31.2 Å². The molecule has 8 heteroatoms. The summed E-state index contributed by atoms with van der Waals surface area (Å²) in [6, 6.07) is 11.7. The van der Waals surface area contributed by atoms with Crippen molar-refractivity contribution in [3.05, 3.63) is 59.1 Å². The van der Waals surface area contributed by atoms with Gasteiger partial charge in [-0.3, -0.25) is 0 Å². The summed E-state index contributed by atoms with van der Waals surface area (Å²) in [6.07, 6.45) is 1.95. The molecule has 6 nitrogen and oxygen atoms in total. The van der Waals surface area contributed by atoms with Crippen LogP contribution in [0.5, 0.6) is 0 Å². The van der Waals surface area contributed by atoms with Gasteiger partial charge in [0.2, 0.25) is 10.1 Å². The van der Waals surface area contributed by atoms with Gasteiger partial charge in [0, 0.05) is 17.1 Å². The number of nitrogens with zero attached hydrogens (tertiary/aromatic N) is 4. The molecule has 0 amide bonds. The number of imidazole rings is 1. The largest absolute Gasteiger partial charge is 0.464 e. The maximum absolute atomic E-state index is 5.97. The van der Waals surface area contributed by atoms with Crippen LogP contribution in [0, 0.1) is 6.92 Å². The van der Waals surface area contributed by atoms with Crippen molar-refractivity contribution in [2.75, 3.05) is 24.7 Å². The number of anilines is 1. The second kappa shape index (κ2) is 6.67. The number of aromatic nitrogens is 3. The fourth-order valence-electron chi connectivity index (χ4n) is 3.27. The number of aryl methyl sites for hydroxylation is 1. The lowest BCUT2D eigenvalue weighted by Crippen LogP contribution is -2.39. The summed E-state index contributed by atoms with van der Waals surface area (Å²) in [7, 11) is 0. The molecule has 0 N–H and O–H groups in total. The Morgan fingerprint density at radius 1 is 1.19 bits per heavy atom. The molecule has 0 spiro atoms. The van der Waals surface area contributed by atoms with Crippen molar-refractivity contribution in [1.29, 1.82) is 0 Å². The van der Waals surface area contributed by atoms with Crippen LogP contribution in [0.1, 0.15) is 17.6 Å². The van der Waals surface area contributed by atoms with E-state index in [1.54, 1.807) is 11.3 Å². The van der Waals surface area contributed by atoms with E-state index in [1.165, 1.54) is 0 Å². The zero-order valence-electron chi connectivity index (χ0n) is 14.6. The molecule has 0 aliphatic carbocycles. The van der Waals surface area contributed by atoms with Gasteiger partial charge in [0.15, 0.2) is 0 Å². The number of rotatable bonds is 3. The van der Waals surface area contributed by atoms with E-state index in [0.29, 0.717) is 18.2 Å². The molecular weight excluding hydrogens is 384 g/mol. The normalized spacial score (nSPS) is 17.7. The molecule has 0 saturated carbocycles. The zero-order valence-corrected chi connectivity index (χ0v) is 16.2. The van der Waals surface area contributed by atoms with Crippen LogP contribution in [0.25, 0.3) is 16.2 Å². The molecule has 1 aromatic carbocycles. The van der Waals surface area contributed by atoms with Crippen molar-refractivity contribution in [2.24, 2.45) is 0 Å². The highest BCUT2D eigenvalue weighted by molar-refractivity contribution is 7.20. The summed E-state index contributed by atoms with van der Waals surface area (Å²) < 4.78 is 13.4. The Morgan fingerprint density at radius 2 is 2.04 bits per heavy atom. The Labute approximate surface area is 165 Å². The number of morpholine rings is 1. The van der Waals surface area contributed by atoms with Gasteiger partial charge in [0.1, 0.15) is 17.6 Å². The maximum atomic E-state index is 5.97. The van der Waals surface area contributed by atoms with Gasteiger partial charge in [0.05, 0.1) is 25.1 Å². The minimum Gasteiger partial charge on any atom is -0.464 e. The van der Waals surface area contributed by atoms with Crippen molar-refractivity contribution >= 4 is 33.0 Å². The van der Waals surface area contributed by atoms with E-state index in [9.17, 15) is 0 Å². The number of halogens is 1. The summed E-state index contributed by atoms with van der Waals surface area (Å²) in [5.41, 5.74) is 1.91. The van der Waals surface area contributed by atoms with E-state index in [-0.39, 0.29) is 6.04 Å². The topological polar surface area (TPSA) is 55.8 Å². The molecule has 0 radical (unpaired) electrons. The lowest BCUT2D eigenvalue weighted by atomic mass is 10.2. The fraction of sp³-hybridized carbons (Fsp3) is 0.263. The highest BCUT2D eigenvalue weighted by Crippen LogP contribution is 2.34. The molecule has 1 atom stereocenters. The molecule has 5 rings (SSSR count). The summed E-state index contributed by atoms with van der Waals surface area (Å²) in [4.78, 5) is 7.82. The second-order valence-corrected chi connectivity index (χ2v) is 7.85. The van der Waals surface area contributed by atoms with E-state index in [1.807, 2.05) is 54.0 Å². The van der Waals surface area contributed by atoms with Crippen LogP contribution in [0.2, 0.25) is 5.02 Å². The molecular formula is C19H17ClN4O2S. The summed E-state index contributed by atoms with van der Waals surface area (Å²) in [5, 5.41) is 6.39. The van der Waals surface area contributed by atoms with E-state index >= 15 is 0 Å². The summed E-state index contributed by atoms with van der Waals surface area (Å²) >= 11 is 7.54. The number of hydrogen-bond donors (Lipinski definition) is 0. The number of ether oxygens (including phenoxy) is 1.